The molecule has 0 aliphatic rings. The normalized spacial score (nSPS) is 10.7. The molecule has 0 saturated heterocycles. The second-order valence-corrected chi connectivity index (χ2v) is 4.11. The monoisotopic (exact) mass is 259 g/mol. The molecule has 1 aromatic rings. The molecule has 2 nitrogen and oxygen atoms in total. The molecule has 1 rings (SSSR count). The number of thioether (sulfide) groups is 1. The zero-order chi connectivity index (χ0) is 12.0. The van der Waals surface area contributed by atoms with Crippen molar-refractivity contribution in [2.45, 2.75) is 0 Å². The predicted molar refractivity (Wildman–Crippen MR) is 67.6 cm³/mol. The molecule has 0 spiro atoms. The topological polar surface area (TPSA) is 29.1 Å². The molecule has 0 unspecified atom stereocenters. The molecule has 86 valence electrons. The SMILES string of the molecule is CSC=CC(=O)CNc1c(F)cccc1Cl. The predicted octanol–water partition coefficient (Wildman–Crippen LogP) is 3.34. The van der Waals surface area contributed by atoms with Crippen molar-refractivity contribution in [2.75, 3.05) is 18.1 Å². The van der Waals surface area contributed by atoms with E-state index >= 15 is 0 Å². The molecular formula is C11H11ClFNOS. The first-order chi connectivity index (χ1) is 7.65. The molecule has 0 saturated carbocycles. The quantitative estimate of drug-likeness (QED) is 0.823. The number of hydrogen-bond acceptors (Lipinski definition) is 3. The summed E-state index contributed by atoms with van der Waals surface area (Å²) in [5.41, 5.74) is 0.162. The fourth-order valence-electron chi connectivity index (χ4n) is 1.05. The standard InChI is InChI=1S/C11H11ClFNOS/c1-16-6-5-8(15)7-14-11-9(12)3-2-4-10(11)13/h2-6,14H,7H2,1H3. The molecule has 0 radical (unpaired) electrons. The van der Waals surface area contributed by atoms with Crippen LogP contribution >= 0.6 is 23.4 Å². The van der Waals surface area contributed by atoms with Crippen LogP contribution in [0.25, 0.3) is 0 Å². The van der Waals surface area contributed by atoms with Gasteiger partial charge in [0.15, 0.2) is 5.78 Å². The van der Waals surface area contributed by atoms with E-state index in [4.69, 9.17) is 11.6 Å². The van der Waals surface area contributed by atoms with Crippen LogP contribution in [0.3, 0.4) is 0 Å². The Kier molecular flexibility index (Phi) is 5.35. The van der Waals surface area contributed by atoms with Gasteiger partial charge in [0, 0.05) is 0 Å². The van der Waals surface area contributed by atoms with E-state index in [0.29, 0.717) is 0 Å². The van der Waals surface area contributed by atoms with Crippen molar-refractivity contribution in [1.29, 1.82) is 0 Å². The summed E-state index contributed by atoms with van der Waals surface area (Å²) < 4.78 is 13.3. The minimum absolute atomic E-state index is 0.0255. The Balaban J connectivity index is 2.61. The smallest absolute Gasteiger partial charge is 0.175 e. The van der Waals surface area contributed by atoms with Crippen LogP contribution in [0, 0.1) is 5.82 Å². The number of benzene rings is 1. The van der Waals surface area contributed by atoms with Gasteiger partial charge < -0.3 is 5.32 Å². The summed E-state index contributed by atoms with van der Waals surface area (Å²) in [6.45, 7) is 0.0255. The van der Waals surface area contributed by atoms with Crippen molar-refractivity contribution >= 4 is 34.8 Å². The fourth-order valence-corrected chi connectivity index (χ4v) is 1.56. The lowest BCUT2D eigenvalue weighted by Crippen LogP contribution is -2.12. The van der Waals surface area contributed by atoms with Crippen molar-refractivity contribution in [3.05, 3.63) is 40.5 Å². The summed E-state index contributed by atoms with van der Waals surface area (Å²) in [6, 6.07) is 4.36. The van der Waals surface area contributed by atoms with Crippen LogP contribution in [0.15, 0.2) is 29.7 Å². The molecule has 0 aliphatic heterocycles. The van der Waals surface area contributed by atoms with Gasteiger partial charge in [-0.2, -0.15) is 0 Å². The van der Waals surface area contributed by atoms with Gasteiger partial charge in [-0.15, -0.1) is 11.8 Å². The highest BCUT2D eigenvalue weighted by Crippen LogP contribution is 2.24. The number of para-hydroxylation sites is 1. The number of carbonyl (C=O) groups excluding carboxylic acids is 1. The Hall–Kier alpha value is -1.00. The summed E-state index contributed by atoms with van der Waals surface area (Å²) in [4.78, 5) is 11.3. The first kappa shape index (κ1) is 13.1. The van der Waals surface area contributed by atoms with Crippen LogP contribution in [0.2, 0.25) is 5.02 Å². The first-order valence-electron chi connectivity index (χ1n) is 4.55. The number of rotatable bonds is 5. The van der Waals surface area contributed by atoms with Gasteiger partial charge in [0.2, 0.25) is 0 Å². The van der Waals surface area contributed by atoms with Crippen LogP contribution < -0.4 is 5.32 Å². The maximum Gasteiger partial charge on any atom is 0.175 e. The maximum atomic E-state index is 13.3. The van der Waals surface area contributed by atoms with Gasteiger partial charge in [-0.05, 0) is 29.9 Å². The minimum atomic E-state index is -0.464. The summed E-state index contributed by atoms with van der Waals surface area (Å²) in [5, 5.41) is 4.61. The molecule has 1 aromatic carbocycles. The summed E-state index contributed by atoms with van der Waals surface area (Å²) in [5.74, 6) is -0.595. The van der Waals surface area contributed by atoms with E-state index in [1.165, 1.54) is 30.0 Å². The van der Waals surface area contributed by atoms with Crippen LogP contribution in [-0.2, 0) is 4.79 Å². The van der Waals surface area contributed by atoms with Crippen LogP contribution in [0.4, 0.5) is 10.1 Å². The number of nitrogens with one attached hydrogen (secondary N) is 1. The Bertz CT molecular complexity index is 389. The van der Waals surface area contributed by atoms with Gasteiger partial charge in [0.1, 0.15) is 5.82 Å². The van der Waals surface area contributed by atoms with E-state index in [0.717, 1.165) is 0 Å². The second-order valence-electron chi connectivity index (χ2n) is 2.95. The second kappa shape index (κ2) is 6.55. The Morgan fingerprint density at radius 2 is 2.38 bits per heavy atom. The molecule has 0 bridgehead atoms. The highest BCUT2D eigenvalue weighted by molar-refractivity contribution is 8.01. The molecule has 0 atom stereocenters. The van der Waals surface area contributed by atoms with E-state index in [-0.39, 0.29) is 23.0 Å². The van der Waals surface area contributed by atoms with Crippen LogP contribution in [0.1, 0.15) is 0 Å². The van der Waals surface area contributed by atoms with E-state index < -0.39 is 5.82 Å². The Morgan fingerprint density at radius 3 is 3.00 bits per heavy atom. The maximum absolute atomic E-state index is 13.3. The van der Waals surface area contributed by atoms with Crippen LogP contribution in [-0.4, -0.2) is 18.6 Å². The average Bonchev–Trinajstić information content (AvgIpc) is 2.25. The van der Waals surface area contributed by atoms with E-state index in [2.05, 4.69) is 5.32 Å². The fraction of sp³-hybridized carbons (Fsp3) is 0.182. The lowest BCUT2D eigenvalue weighted by Gasteiger charge is -2.07. The third-order valence-electron chi connectivity index (χ3n) is 1.79. The zero-order valence-electron chi connectivity index (χ0n) is 8.67. The number of ketones is 1. The van der Waals surface area contributed by atoms with Crippen molar-refractivity contribution in [3.8, 4) is 0 Å². The highest BCUT2D eigenvalue weighted by atomic mass is 35.5. The van der Waals surface area contributed by atoms with Gasteiger partial charge in [0.05, 0.1) is 17.3 Å². The molecule has 1 N–H and O–H groups in total. The number of hydrogen-bond donors (Lipinski definition) is 1. The van der Waals surface area contributed by atoms with Crippen molar-refractivity contribution in [3.63, 3.8) is 0 Å². The van der Waals surface area contributed by atoms with E-state index in [9.17, 15) is 9.18 Å². The molecule has 0 amide bonds. The number of carbonyl (C=O) groups is 1. The average molecular weight is 260 g/mol. The first-order valence-corrected chi connectivity index (χ1v) is 6.22. The number of halogens is 2. The molecule has 16 heavy (non-hydrogen) atoms. The summed E-state index contributed by atoms with van der Waals surface area (Å²) in [7, 11) is 0. The lowest BCUT2D eigenvalue weighted by atomic mass is 10.3. The molecule has 5 heteroatoms. The molecular weight excluding hydrogens is 249 g/mol. The molecule has 0 aliphatic carbocycles. The van der Waals surface area contributed by atoms with Gasteiger partial charge in [-0.3, -0.25) is 4.79 Å². The number of anilines is 1. The van der Waals surface area contributed by atoms with Crippen molar-refractivity contribution < 1.29 is 9.18 Å². The van der Waals surface area contributed by atoms with E-state index in [1.54, 1.807) is 11.5 Å². The third-order valence-corrected chi connectivity index (χ3v) is 2.52. The summed E-state index contributed by atoms with van der Waals surface area (Å²) >= 11 is 7.21. The Labute approximate surface area is 103 Å². The minimum Gasteiger partial charge on any atom is -0.374 e. The van der Waals surface area contributed by atoms with Crippen molar-refractivity contribution in [2.24, 2.45) is 0 Å². The van der Waals surface area contributed by atoms with Crippen LogP contribution in [0.5, 0.6) is 0 Å². The zero-order valence-corrected chi connectivity index (χ0v) is 10.2. The van der Waals surface area contributed by atoms with Gasteiger partial charge in [0.25, 0.3) is 0 Å². The van der Waals surface area contributed by atoms with Gasteiger partial charge in [-0.25, -0.2) is 4.39 Å². The van der Waals surface area contributed by atoms with Crippen molar-refractivity contribution in [1.82, 2.24) is 0 Å². The molecule has 0 heterocycles. The molecule has 0 aromatic heterocycles. The third kappa shape index (κ3) is 3.87. The summed E-state index contributed by atoms with van der Waals surface area (Å²) in [6.07, 6.45) is 3.29. The molecule has 0 fully saturated rings. The van der Waals surface area contributed by atoms with Gasteiger partial charge >= 0.3 is 0 Å². The lowest BCUT2D eigenvalue weighted by molar-refractivity contribution is -0.113. The highest BCUT2D eigenvalue weighted by Gasteiger charge is 2.06. The largest absolute Gasteiger partial charge is 0.374 e. The van der Waals surface area contributed by atoms with Gasteiger partial charge in [-0.1, -0.05) is 17.7 Å². The Morgan fingerprint density at radius 1 is 1.62 bits per heavy atom. The van der Waals surface area contributed by atoms with E-state index in [1.807, 2.05) is 6.26 Å².